The third kappa shape index (κ3) is 3.33. The number of halogens is 2. The molecule has 0 bridgehead atoms. The zero-order valence-electron chi connectivity index (χ0n) is 12.2. The Balaban J connectivity index is 2.59. The van der Waals surface area contributed by atoms with Gasteiger partial charge in [0, 0.05) is 12.5 Å². The van der Waals surface area contributed by atoms with Crippen molar-refractivity contribution in [3.05, 3.63) is 28.0 Å². The summed E-state index contributed by atoms with van der Waals surface area (Å²) in [5.74, 6) is 0.653. The third-order valence-corrected chi connectivity index (χ3v) is 4.50. The molecule has 2 aromatic rings. The number of aliphatic carboxylic acids is 1. The second-order valence-electron chi connectivity index (χ2n) is 5.55. The van der Waals surface area contributed by atoms with Gasteiger partial charge >= 0.3 is 5.97 Å². The minimum atomic E-state index is -0.833. The summed E-state index contributed by atoms with van der Waals surface area (Å²) < 4.78 is 1.94. The molecular weight excluding hydrogens is 311 g/mol. The lowest BCUT2D eigenvalue weighted by molar-refractivity contribution is -0.137. The number of benzene rings is 1. The van der Waals surface area contributed by atoms with Gasteiger partial charge in [-0.1, -0.05) is 44.0 Å². The van der Waals surface area contributed by atoms with E-state index in [9.17, 15) is 4.79 Å². The Morgan fingerprint density at radius 2 is 1.90 bits per heavy atom. The van der Waals surface area contributed by atoms with Crippen LogP contribution in [0.4, 0.5) is 0 Å². The summed E-state index contributed by atoms with van der Waals surface area (Å²) in [7, 11) is 0. The molecule has 1 heterocycles. The van der Waals surface area contributed by atoms with E-state index in [2.05, 4.69) is 25.8 Å². The molecule has 0 spiro atoms. The smallest absolute Gasteiger partial charge is 0.305 e. The predicted octanol–water partition coefficient (Wildman–Crippen LogP) is 4.58. The van der Waals surface area contributed by atoms with Crippen molar-refractivity contribution in [1.82, 2.24) is 9.55 Å². The monoisotopic (exact) mass is 328 g/mol. The van der Waals surface area contributed by atoms with E-state index in [0.717, 1.165) is 16.9 Å². The molecule has 0 radical (unpaired) electrons. The average molecular weight is 329 g/mol. The summed E-state index contributed by atoms with van der Waals surface area (Å²) in [5.41, 5.74) is 1.57. The van der Waals surface area contributed by atoms with Crippen LogP contribution in [0.3, 0.4) is 0 Å². The van der Waals surface area contributed by atoms with Gasteiger partial charge in [-0.15, -0.1) is 0 Å². The van der Waals surface area contributed by atoms with E-state index in [0.29, 0.717) is 22.5 Å². The second kappa shape index (κ2) is 6.24. The summed E-state index contributed by atoms with van der Waals surface area (Å²) >= 11 is 12.1. The first-order valence-corrected chi connectivity index (χ1v) is 7.63. The first-order chi connectivity index (χ1) is 9.81. The maximum Gasteiger partial charge on any atom is 0.305 e. The predicted molar refractivity (Wildman–Crippen MR) is 85.3 cm³/mol. The van der Waals surface area contributed by atoms with Crippen LogP contribution in [-0.4, -0.2) is 20.6 Å². The highest BCUT2D eigenvalue weighted by molar-refractivity contribution is 6.42. The molecular formula is C15H18Cl2N2O2. The third-order valence-electron chi connectivity index (χ3n) is 3.78. The van der Waals surface area contributed by atoms with Crippen LogP contribution in [0.25, 0.3) is 11.0 Å². The first-order valence-electron chi connectivity index (χ1n) is 6.88. The van der Waals surface area contributed by atoms with Gasteiger partial charge in [-0.25, -0.2) is 4.98 Å². The van der Waals surface area contributed by atoms with Gasteiger partial charge in [0.15, 0.2) is 0 Å². The highest BCUT2D eigenvalue weighted by Gasteiger charge is 2.20. The number of aryl methyl sites for hydroxylation is 1. The summed E-state index contributed by atoms with van der Waals surface area (Å²) in [6, 6.07) is 3.48. The molecule has 1 atom stereocenters. The highest BCUT2D eigenvalue weighted by Crippen LogP contribution is 2.32. The molecule has 0 fully saturated rings. The molecule has 0 saturated carbocycles. The van der Waals surface area contributed by atoms with Crippen molar-refractivity contribution in [3.63, 3.8) is 0 Å². The van der Waals surface area contributed by atoms with E-state index in [4.69, 9.17) is 28.3 Å². The van der Waals surface area contributed by atoms with Crippen LogP contribution in [0.15, 0.2) is 12.1 Å². The van der Waals surface area contributed by atoms with Crippen molar-refractivity contribution in [2.45, 2.75) is 39.7 Å². The number of fused-ring (bicyclic) bond motifs is 1. The van der Waals surface area contributed by atoms with Gasteiger partial charge in [-0.2, -0.15) is 0 Å². The van der Waals surface area contributed by atoms with Gasteiger partial charge in [0.1, 0.15) is 5.82 Å². The number of rotatable bonds is 5. The number of carboxylic acids is 1. The maximum absolute atomic E-state index is 10.9. The summed E-state index contributed by atoms with van der Waals surface area (Å²) in [5, 5.41) is 9.84. The Labute approximate surface area is 133 Å². The Kier molecular flexibility index (Phi) is 4.79. The maximum atomic E-state index is 10.9. The van der Waals surface area contributed by atoms with Gasteiger partial charge in [0.05, 0.1) is 27.5 Å². The van der Waals surface area contributed by atoms with Crippen LogP contribution in [0.1, 0.15) is 38.9 Å². The van der Waals surface area contributed by atoms with Gasteiger partial charge in [-0.3, -0.25) is 4.79 Å². The second-order valence-corrected chi connectivity index (χ2v) is 6.37. The molecule has 114 valence electrons. The first kappa shape index (κ1) is 16.1. The SMILES string of the molecule is CC(C)C(C)c1nc2cc(Cl)c(Cl)cc2n1CCC(=O)O. The Hall–Kier alpha value is -1.26. The lowest BCUT2D eigenvalue weighted by Crippen LogP contribution is -2.13. The number of hydrogen-bond acceptors (Lipinski definition) is 2. The number of nitrogens with zero attached hydrogens (tertiary/aromatic N) is 2. The average Bonchev–Trinajstić information content (AvgIpc) is 2.73. The molecule has 0 amide bonds. The van der Waals surface area contributed by atoms with Crippen LogP contribution >= 0.6 is 23.2 Å². The summed E-state index contributed by atoms with van der Waals surface area (Å²) in [6.45, 7) is 6.69. The van der Waals surface area contributed by atoms with Crippen molar-refractivity contribution in [2.75, 3.05) is 0 Å². The quantitative estimate of drug-likeness (QED) is 0.874. The summed E-state index contributed by atoms with van der Waals surface area (Å²) in [4.78, 5) is 15.5. The molecule has 1 aromatic heterocycles. The van der Waals surface area contributed by atoms with E-state index in [1.54, 1.807) is 12.1 Å². The van der Waals surface area contributed by atoms with Gasteiger partial charge < -0.3 is 9.67 Å². The standard InChI is InChI=1S/C15H18Cl2N2O2/c1-8(2)9(3)15-18-12-6-10(16)11(17)7-13(12)19(15)5-4-14(20)21/h6-9H,4-5H2,1-3H3,(H,20,21). The number of aromatic nitrogens is 2. The molecule has 1 aromatic carbocycles. The molecule has 0 aliphatic rings. The minimum absolute atomic E-state index is 0.0452. The van der Waals surface area contributed by atoms with E-state index in [1.807, 2.05) is 4.57 Å². The van der Waals surface area contributed by atoms with Crippen LogP contribution in [0.5, 0.6) is 0 Å². The van der Waals surface area contributed by atoms with Crippen LogP contribution < -0.4 is 0 Å². The fourth-order valence-electron chi connectivity index (χ4n) is 2.23. The van der Waals surface area contributed by atoms with Gasteiger partial charge in [0.25, 0.3) is 0 Å². The number of carbonyl (C=O) groups is 1. The molecule has 4 nitrogen and oxygen atoms in total. The lowest BCUT2D eigenvalue weighted by Gasteiger charge is -2.17. The van der Waals surface area contributed by atoms with E-state index in [1.165, 1.54) is 0 Å². The van der Waals surface area contributed by atoms with Gasteiger partial charge in [-0.05, 0) is 18.1 Å². The van der Waals surface area contributed by atoms with Crippen LogP contribution in [0, 0.1) is 5.92 Å². The molecule has 1 N–H and O–H groups in total. The Morgan fingerprint density at radius 3 is 2.48 bits per heavy atom. The Morgan fingerprint density at radius 1 is 1.29 bits per heavy atom. The van der Waals surface area contributed by atoms with Crippen molar-refractivity contribution >= 4 is 40.2 Å². The molecule has 0 saturated heterocycles. The normalized spacial score (nSPS) is 13.0. The van der Waals surface area contributed by atoms with Crippen molar-refractivity contribution in [3.8, 4) is 0 Å². The van der Waals surface area contributed by atoms with Gasteiger partial charge in [0.2, 0.25) is 0 Å². The molecule has 1 unspecified atom stereocenters. The summed E-state index contributed by atoms with van der Waals surface area (Å²) in [6.07, 6.45) is 0.0452. The van der Waals surface area contributed by atoms with E-state index >= 15 is 0 Å². The van der Waals surface area contributed by atoms with E-state index < -0.39 is 5.97 Å². The van der Waals surface area contributed by atoms with E-state index in [-0.39, 0.29) is 12.3 Å². The largest absolute Gasteiger partial charge is 0.481 e. The topological polar surface area (TPSA) is 55.1 Å². The molecule has 6 heteroatoms. The Bertz CT molecular complexity index is 680. The fourth-order valence-corrected chi connectivity index (χ4v) is 2.54. The van der Waals surface area contributed by atoms with Crippen LogP contribution in [-0.2, 0) is 11.3 Å². The van der Waals surface area contributed by atoms with Crippen LogP contribution in [0.2, 0.25) is 10.0 Å². The molecule has 21 heavy (non-hydrogen) atoms. The lowest BCUT2D eigenvalue weighted by atomic mass is 9.97. The number of carboxylic acid groups (broad SMARTS) is 1. The van der Waals surface area contributed by atoms with Crippen molar-refractivity contribution < 1.29 is 9.90 Å². The van der Waals surface area contributed by atoms with Crippen molar-refractivity contribution in [2.24, 2.45) is 5.92 Å². The molecule has 0 aliphatic heterocycles. The highest BCUT2D eigenvalue weighted by atomic mass is 35.5. The van der Waals surface area contributed by atoms with Crippen molar-refractivity contribution in [1.29, 1.82) is 0 Å². The number of imidazole rings is 1. The molecule has 0 aliphatic carbocycles. The number of hydrogen-bond donors (Lipinski definition) is 1. The fraction of sp³-hybridized carbons (Fsp3) is 0.467. The zero-order valence-corrected chi connectivity index (χ0v) is 13.7. The minimum Gasteiger partial charge on any atom is -0.481 e. The molecule has 2 rings (SSSR count). The zero-order chi connectivity index (χ0) is 15.7.